The number of halogens is 1. The molecule has 0 atom stereocenters. The van der Waals surface area contributed by atoms with E-state index in [0.29, 0.717) is 16.7 Å². The molecule has 6 heteroatoms. The SMILES string of the molecule is O=C1NC(=O)c2ccc(I)cc2C1=CNc1ccc2ncccc2c1. The van der Waals surface area contributed by atoms with Crippen molar-refractivity contribution in [1.82, 2.24) is 10.3 Å². The molecule has 25 heavy (non-hydrogen) atoms. The van der Waals surface area contributed by atoms with Crippen molar-refractivity contribution < 1.29 is 9.59 Å². The van der Waals surface area contributed by atoms with Gasteiger partial charge in [0.15, 0.2) is 0 Å². The van der Waals surface area contributed by atoms with Crippen LogP contribution in [0.5, 0.6) is 0 Å². The maximum absolute atomic E-state index is 12.3. The summed E-state index contributed by atoms with van der Waals surface area (Å²) in [7, 11) is 0. The summed E-state index contributed by atoms with van der Waals surface area (Å²) in [6.45, 7) is 0. The zero-order valence-electron chi connectivity index (χ0n) is 12.9. The molecule has 1 aliphatic rings. The number of hydrogen-bond donors (Lipinski definition) is 2. The quantitative estimate of drug-likeness (QED) is 0.363. The molecule has 0 fully saturated rings. The van der Waals surface area contributed by atoms with Gasteiger partial charge in [0.2, 0.25) is 0 Å². The Morgan fingerprint density at radius 3 is 2.76 bits per heavy atom. The van der Waals surface area contributed by atoms with Crippen LogP contribution in [-0.2, 0) is 4.79 Å². The van der Waals surface area contributed by atoms with E-state index in [1.165, 1.54) is 0 Å². The molecule has 0 spiro atoms. The summed E-state index contributed by atoms with van der Waals surface area (Å²) in [6, 6.07) is 15.0. The lowest BCUT2D eigenvalue weighted by Crippen LogP contribution is -2.36. The molecule has 1 aliphatic heterocycles. The van der Waals surface area contributed by atoms with E-state index in [-0.39, 0.29) is 5.91 Å². The zero-order valence-corrected chi connectivity index (χ0v) is 15.1. The van der Waals surface area contributed by atoms with Crippen LogP contribution in [0.4, 0.5) is 5.69 Å². The highest BCUT2D eigenvalue weighted by Gasteiger charge is 2.27. The Hall–Kier alpha value is -2.74. The van der Waals surface area contributed by atoms with Gasteiger partial charge in [0.05, 0.1) is 11.1 Å². The van der Waals surface area contributed by atoms with Gasteiger partial charge in [-0.3, -0.25) is 19.9 Å². The average molecular weight is 441 g/mol. The highest BCUT2D eigenvalue weighted by atomic mass is 127. The summed E-state index contributed by atoms with van der Waals surface area (Å²) in [5, 5.41) is 6.52. The predicted octanol–water partition coefficient (Wildman–Crippen LogP) is 3.56. The monoisotopic (exact) mass is 441 g/mol. The summed E-state index contributed by atoms with van der Waals surface area (Å²) < 4.78 is 0.960. The van der Waals surface area contributed by atoms with Crippen LogP contribution in [0.3, 0.4) is 0 Å². The lowest BCUT2D eigenvalue weighted by molar-refractivity contribution is -0.114. The topological polar surface area (TPSA) is 71.1 Å². The van der Waals surface area contributed by atoms with E-state index in [1.54, 1.807) is 18.5 Å². The first-order chi connectivity index (χ1) is 12.1. The van der Waals surface area contributed by atoms with Gasteiger partial charge < -0.3 is 5.32 Å². The lowest BCUT2D eigenvalue weighted by atomic mass is 9.95. The molecule has 5 nitrogen and oxygen atoms in total. The highest BCUT2D eigenvalue weighted by Crippen LogP contribution is 2.26. The van der Waals surface area contributed by atoms with Crippen LogP contribution in [0.15, 0.2) is 60.9 Å². The van der Waals surface area contributed by atoms with Gasteiger partial charge in [0.1, 0.15) is 0 Å². The zero-order chi connectivity index (χ0) is 17.4. The molecule has 0 bridgehead atoms. The van der Waals surface area contributed by atoms with Gasteiger partial charge in [-0.15, -0.1) is 0 Å². The van der Waals surface area contributed by atoms with E-state index in [4.69, 9.17) is 0 Å². The molecule has 1 aromatic heterocycles. The number of imide groups is 1. The third-order valence-corrected chi connectivity index (χ3v) is 4.65. The fourth-order valence-corrected chi connectivity index (χ4v) is 3.25. The number of carbonyl (C=O) groups is 2. The number of rotatable bonds is 2. The summed E-state index contributed by atoms with van der Waals surface area (Å²) >= 11 is 2.16. The largest absolute Gasteiger partial charge is 0.361 e. The normalized spacial score (nSPS) is 15.2. The average Bonchev–Trinajstić information content (AvgIpc) is 2.61. The molecular weight excluding hydrogens is 429 g/mol. The Labute approximate surface area is 157 Å². The predicted molar refractivity (Wildman–Crippen MR) is 105 cm³/mol. The van der Waals surface area contributed by atoms with Crippen LogP contribution in [0.2, 0.25) is 0 Å². The van der Waals surface area contributed by atoms with Crippen molar-refractivity contribution in [1.29, 1.82) is 0 Å². The molecule has 2 aromatic carbocycles. The first kappa shape index (κ1) is 15.8. The van der Waals surface area contributed by atoms with E-state index in [1.807, 2.05) is 42.5 Å². The Balaban J connectivity index is 1.72. The highest BCUT2D eigenvalue weighted by molar-refractivity contribution is 14.1. The van der Waals surface area contributed by atoms with Crippen molar-refractivity contribution in [2.24, 2.45) is 0 Å². The smallest absolute Gasteiger partial charge is 0.260 e. The number of anilines is 1. The van der Waals surface area contributed by atoms with Gasteiger partial charge in [-0.2, -0.15) is 0 Å². The minimum atomic E-state index is -0.408. The first-order valence-electron chi connectivity index (χ1n) is 7.59. The summed E-state index contributed by atoms with van der Waals surface area (Å²) in [5.41, 5.74) is 3.30. The molecule has 0 aliphatic carbocycles. The van der Waals surface area contributed by atoms with Crippen LogP contribution in [0, 0.1) is 3.57 Å². The van der Waals surface area contributed by atoms with Crippen LogP contribution >= 0.6 is 22.6 Å². The standard InChI is InChI=1S/C19H12IN3O2/c20-12-3-5-14-15(9-12)16(19(25)23-18(14)24)10-22-13-4-6-17-11(8-13)2-1-7-21-17/h1-10,22H,(H,23,24,25). The summed E-state index contributed by atoms with van der Waals surface area (Å²) in [5.74, 6) is -0.778. The van der Waals surface area contributed by atoms with E-state index in [0.717, 1.165) is 20.2 Å². The van der Waals surface area contributed by atoms with Gasteiger partial charge >= 0.3 is 0 Å². The number of nitrogens with one attached hydrogen (secondary N) is 2. The van der Waals surface area contributed by atoms with Crippen LogP contribution in [-0.4, -0.2) is 16.8 Å². The maximum Gasteiger partial charge on any atom is 0.260 e. The molecule has 122 valence electrons. The molecule has 2 N–H and O–H groups in total. The molecule has 2 amide bonds. The van der Waals surface area contributed by atoms with Gasteiger partial charge in [-0.1, -0.05) is 6.07 Å². The Morgan fingerprint density at radius 2 is 1.88 bits per heavy atom. The maximum atomic E-state index is 12.3. The number of fused-ring (bicyclic) bond motifs is 2. The molecule has 0 saturated carbocycles. The number of carbonyl (C=O) groups excluding carboxylic acids is 2. The van der Waals surface area contributed by atoms with E-state index in [9.17, 15) is 9.59 Å². The number of benzene rings is 2. The second kappa shape index (κ2) is 6.29. The molecule has 4 rings (SSSR count). The molecule has 0 unspecified atom stereocenters. The minimum Gasteiger partial charge on any atom is -0.361 e. The van der Waals surface area contributed by atoms with Crippen molar-refractivity contribution >= 4 is 56.6 Å². The van der Waals surface area contributed by atoms with Crippen LogP contribution in [0.1, 0.15) is 15.9 Å². The van der Waals surface area contributed by atoms with Crippen molar-refractivity contribution in [3.8, 4) is 0 Å². The second-order valence-electron chi connectivity index (χ2n) is 5.59. The number of nitrogens with zero attached hydrogens (tertiary/aromatic N) is 1. The van der Waals surface area contributed by atoms with E-state index < -0.39 is 5.91 Å². The second-order valence-corrected chi connectivity index (χ2v) is 6.83. The molecule has 2 heterocycles. The Bertz CT molecular complexity index is 1060. The molecular formula is C19H12IN3O2. The van der Waals surface area contributed by atoms with Gasteiger partial charge in [0, 0.05) is 38.2 Å². The lowest BCUT2D eigenvalue weighted by Gasteiger charge is -2.18. The Kier molecular flexibility index (Phi) is 3.96. The van der Waals surface area contributed by atoms with E-state index >= 15 is 0 Å². The molecule has 0 saturated heterocycles. The van der Waals surface area contributed by atoms with Crippen molar-refractivity contribution in [3.05, 3.63) is 75.6 Å². The number of pyridine rings is 1. The molecule has 3 aromatic rings. The Morgan fingerprint density at radius 1 is 1.00 bits per heavy atom. The third-order valence-electron chi connectivity index (χ3n) is 3.97. The fourth-order valence-electron chi connectivity index (χ4n) is 2.76. The van der Waals surface area contributed by atoms with Crippen LogP contribution < -0.4 is 10.6 Å². The van der Waals surface area contributed by atoms with E-state index in [2.05, 4.69) is 38.2 Å². The summed E-state index contributed by atoms with van der Waals surface area (Å²) in [4.78, 5) is 28.5. The number of aromatic nitrogens is 1. The van der Waals surface area contributed by atoms with Gasteiger partial charge in [-0.25, -0.2) is 0 Å². The van der Waals surface area contributed by atoms with Gasteiger partial charge in [-0.05, 0) is 65.1 Å². The first-order valence-corrected chi connectivity index (χ1v) is 8.67. The van der Waals surface area contributed by atoms with Crippen molar-refractivity contribution in [2.75, 3.05) is 5.32 Å². The molecule has 0 radical (unpaired) electrons. The number of hydrogen-bond acceptors (Lipinski definition) is 4. The van der Waals surface area contributed by atoms with Crippen molar-refractivity contribution in [2.45, 2.75) is 0 Å². The minimum absolute atomic E-state index is 0.370. The number of amides is 2. The van der Waals surface area contributed by atoms with Crippen molar-refractivity contribution in [3.63, 3.8) is 0 Å². The fraction of sp³-hybridized carbons (Fsp3) is 0. The summed E-state index contributed by atoms with van der Waals surface area (Å²) in [6.07, 6.45) is 3.38. The third kappa shape index (κ3) is 3.00. The van der Waals surface area contributed by atoms with Crippen LogP contribution in [0.25, 0.3) is 16.5 Å². The van der Waals surface area contributed by atoms with Gasteiger partial charge in [0.25, 0.3) is 11.8 Å².